The Morgan fingerprint density at radius 3 is 2.57 bits per heavy atom. The number of ketones is 1. The highest BCUT2D eigenvalue weighted by molar-refractivity contribution is 6.42. The number of aromatic amines is 1. The van der Waals surface area contributed by atoms with Crippen LogP contribution in [0, 0.1) is 0 Å². The third kappa shape index (κ3) is 3.79. The molecule has 0 aliphatic carbocycles. The van der Waals surface area contributed by atoms with Crippen molar-refractivity contribution in [2.45, 2.75) is 0 Å². The molecule has 6 heteroatoms. The third-order valence-corrected chi connectivity index (χ3v) is 4.94. The van der Waals surface area contributed by atoms with Gasteiger partial charge in [-0.15, -0.1) is 0 Å². The van der Waals surface area contributed by atoms with Crippen LogP contribution in [-0.4, -0.2) is 16.0 Å². The minimum atomic E-state index is -0.244. The van der Waals surface area contributed by atoms with Gasteiger partial charge in [-0.05, 0) is 42.5 Å². The summed E-state index contributed by atoms with van der Waals surface area (Å²) in [5.74, 6) is 0.539. The van der Waals surface area contributed by atoms with E-state index in [1.165, 1.54) is 6.08 Å². The Labute approximate surface area is 171 Å². The summed E-state index contributed by atoms with van der Waals surface area (Å²) in [5, 5.41) is 7.93. The van der Waals surface area contributed by atoms with E-state index >= 15 is 0 Å². The summed E-state index contributed by atoms with van der Waals surface area (Å²) in [5.41, 5.74) is 3.40. The van der Waals surface area contributed by atoms with Gasteiger partial charge in [0.25, 0.3) is 0 Å². The first-order valence-electron chi connectivity index (χ1n) is 8.48. The minimum absolute atomic E-state index is 0.238. The molecule has 0 saturated carbocycles. The zero-order valence-corrected chi connectivity index (χ0v) is 16.0. The van der Waals surface area contributed by atoms with Gasteiger partial charge >= 0.3 is 0 Å². The molecule has 4 aromatic rings. The van der Waals surface area contributed by atoms with Crippen molar-refractivity contribution in [1.29, 1.82) is 0 Å². The predicted molar refractivity (Wildman–Crippen MR) is 112 cm³/mol. The van der Waals surface area contributed by atoms with E-state index in [2.05, 4.69) is 10.2 Å². The van der Waals surface area contributed by atoms with Gasteiger partial charge in [-0.1, -0.05) is 53.5 Å². The molecule has 2 aromatic heterocycles. The second-order valence-electron chi connectivity index (χ2n) is 6.06. The second-order valence-corrected chi connectivity index (χ2v) is 6.87. The zero-order chi connectivity index (χ0) is 19.5. The van der Waals surface area contributed by atoms with Gasteiger partial charge in [0.05, 0.1) is 21.9 Å². The molecule has 0 radical (unpaired) electrons. The lowest BCUT2D eigenvalue weighted by atomic mass is 10.1. The number of hydrogen-bond acceptors (Lipinski definition) is 3. The van der Waals surface area contributed by atoms with Crippen molar-refractivity contribution >= 4 is 35.1 Å². The van der Waals surface area contributed by atoms with E-state index in [0.29, 0.717) is 15.8 Å². The maximum Gasteiger partial charge on any atom is 0.221 e. The standard InChI is InChI=1S/C22H14Cl2N2O2/c23-17-8-6-15(12-18(17)24)20-10-11-21(28-20)19(27)9-7-16-13-25-26-22(16)14-4-2-1-3-5-14/h1-13H,(H,25,26). The Hall–Kier alpha value is -3.08. The van der Waals surface area contributed by atoms with Gasteiger partial charge in [0, 0.05) is 16.7 Å². The molecule has 0 fully saturated rings. The first-order valence-corrected chi connectivity index (χ1v) is 9.24. The van der Waals surface area contributed by atoms with Crippen molar-refractivity contribution in [3.8, 4) is 22.6 Å². The molecule has 2 aromatic carbocycles. The van der Waals surface area contributed by atoms with E-state index in [1.807, 2.05) is 30.3 Å². The largest absolute Gasteiger partial charge is 0.453 e. The average molecular weight is 409 g/mol. The number of H-pyrrole nitrogens is 1. The summed E-state index contributed by atoms with van der Waals surface area (Å²) >= 11 is 12.0. The van der Waals surface area contributed by atoms with Gasteiger partial charge in [-0.2, -0.15) is 5.10 Å². The van der Waals surface area contributed by atoms with Crippen LogP contribution in [-0.2, 0) is 0 Å². The molecule has 0 bridgehead atoms. The molecular formula is C22H14Cl2N2O2. The van der Waals surface area contributed by atoms with Gasteiger partial charge in [0.2, 0.25) is 5.78 Å². The lowest BCUT2D eigenvalue weighted by Gasteiger charge is -2.00. The van der Waals surface area contributed by atoms with Crippen LogP contribution in [0.25, 0.3) is 28.7 Å². The van der Waals surface area contributed by atoms with Crippen LogP contribution in [0.3, 0.4) is 0 Å². The fraction of sp³-hybridized carbons (Fsp3) is 0. The molecule has 0 spiro atoms. The summed E-state index contributed by atoms with van der Waals surface area (Å²) < 4.78 is 5.69. The number of allylic oxidation sites excluding steroid dienone is 1. The van der Waals surface area contributed by atoms with Gasteiger partial charge < -0.3 is 4.42 Å². The second kappa shape index (κ2) is 7.89. The predicted octanol–water partition coefficient (Wildman–Crippen LogP) is 6.54. The average Bonchev–Trinajstić information content (AvgIpc) is 3.39. The lowest BCUT2D eigenvalue weighted by Crippen LogP contribution is -1.90. The van der Waals surface area contributed by atoms with Crippen LogP contribution >= 0.6 is 23.2 Å². The van der Waals surface area contributed by atoms with Crippen LogP contribution in [0.1, 0.15) is 16.1 Å². The minimum Gasteiger partial charge on any atom is -0.453 e. The van der Waals surface area contributed by atoms with Crippen molar-refractivity contribution in [3.05, 3.63) is 94.3 Å². The molecule has 0 aliphatic rings. The van der Waals surface area contributed by atoms with Gasteiger partial charge in [-0.25, -0.2) is 0 Å². The van der Waals surface area contributed by atoms with Crippen molar-refractivity contribution in [3.63, 3.8) is 0 Å². The maximum absolute atomic E-state index is 12.5. The Morgan fingerprint density at radius 2 is 1.79 bits per heavy atom. The SMILES string of the molecule is O=C(C=Cc1cn[nH]c1-c1ccccc1)c1ccc(-c2ccc(Cl)c(Cl)c2)o1. The monoisotopic (exact) mass is 408 g/mol. The fourth-order valence-electron chi connectivity index (χ4n) is 2.78. The van der Waals surface area contributed by atoms with E-state index in [4.69, 9.17) is 27.6 Å². The van der Waals surface area contributed by atoms with Crippen LogP contribution in [0.4, 0.5) is 0 Å². The summed E-state index contributed by atoms with van der Waals surface area (Å²) in [6, 6.07) is 18.3. The molecule has 4 nitrogen and oxygen atoms in total. The van der Waals surface area contributed by atoms with Crippen LogP contribution in [0.2, 0.25) is 10.0 Å². The summed E-state index contributed by atoms with van der Waals surface area (Å²) in [7, 11) is 0. The first-order chi connectivity index (χ1) is 13.6. The smallest absolute Gasteiger partial charge is 0.221 e. The lowest BCUT2D eigenvalue weighted by molar-refractivity contribution is 0.102. The van der Waals surface area contributed by atoms with Crippen LogP contribution < -0.4 is 0 Å². The van der Waals surface area contributed by atoms with Crippen molar-refractivity contribution in [2.24, 2.45) is 0 Å². The van der Waals surface area contributed by atoms with E-state index in [0.717, 1.165) is 22.4 Å². The Kier molecular flexibility index (Phi) is 5.15. The number of nitrogens with zero attached hydrogens (tertiary/aromatic N) is 1. The highest BCUT2D eigenvalue weighted by Gasteiger charge is 2.12. The number of nitrogens with one attached hydrogen (secondary N) is 1. The number of rotatable bonds is 5. The van der Waals surface area contributed by atoms with E-state index in [1.54, 1.807) is 42.6 Å². The summed E-state index contributed by atoms with van der Waals surface area (Å²) in [4.78, 5) is 12.5. The number of aromatic nitrogens is 2. The maximum atomic E-state index is 12.5. The number of benzene rings is 2. The molecule has 1 N–H and O–H groups in total. The number of furan rings is 1. The zero-order valence-electron chi connectivity index (χ0n) is 14.5. The Balaban J connectivity index is 1.55. The van der Waals surface area contributed by atoms with E-state index in [9.17, 15) is 4.79 Å². The number of carbonyl (C=O) groups excluding carboxylic acids is 1. The van der Waals surface area contributed by atoms with Crippen molar-refractivity contribution in [2.75, 3.05) is 0 Å². The number of carbonyl (C=O) groups is 1. The highest BCUT2D eigenvalue weighted by Crippen LogP contribution is 2.30. The van der Waals surface area contributed by atoms with Gasteiger partial charge in [-0.3, -0.25) is 9.89 Å². The first kappa shape index (κ1) is 18.3. The quantitative estimate of drug-likeness (QED) is 0.301. The Morgan fingerprint density at radius 1 is 0.964 bits per heavy atom. The van der Waals surface area contributed by atoms with Gasteiger partial charge in [0.15, 0.2) is 5.76 Å². The highest BCUT2D eigenvalue weighted by atomic mass is 35.5. The molecule has 0 unspecified atom stereocenters. The molecule has 28 heavy (non-hydrogen) atoms. The normalized spacial score (nSPS) is 11.2. The van der Waals surface area contributed by atoms with Crippen LogP contribution in [0.5, 0.6) is 0 Å². The van der Waals surface area contributed by atoms with Crippen molar-refractivity contribution < 1.29 is 9.21 Å². The molecular weight excluding hydrogens is 395 g/mol. The van der Waals surface area contributed by atoms with E-state index in [-0.39, 0.29) is 11.5 Å². The fourth-order valence-corrected chi connectivity index (χ4v) is 3.08. The molecule has 138 valence electrons. The Bertz CT molecular complexity index is 1160. The topological polar surface area (TPSA) is 58.9 Å². The summed E-state index contributed by atoms with van der Waals surface area (Å²) in [6.45, 7) is 0. The molecule has 2 heterocycles. The van der Waals surface area contributed by atoms with Crippen molar-refractivity contribution in [1.82, 2.24) is 10.2 Å². The number of hydrogen-bond donors (Lipinski definition) is 1. The molecule has 0 aliphatic heterocycles. The summed E-state index contributed by atoms with van der Waals surface area (Å²) in [6.07, 6.45) is 4.86. The third-order valence-electron chi connectivity index (χ3n) is 4.20. The molecule has 4 rings (SSSR count). The van der Waals surface area contributed by atoms with Crippen LogP contribution in [0.15, 0.2) is 77.4 Å². The molecule has 0 saturated heterocycles. The molecule has 0 amide bonds. The van der Waals surface area contributed by atoms with Gasteiger partial charge in [0.1, 0.15) is 5.76 Å². The molecule has 0 atom stereocenters. The number of halogens is 2. The van der Waals surface area contributed by atoms with E-state index < -0.39 is 0 Å².